The van der Waals surface area contributed by atoms with E-state index in [0.29, 0.717) is 0 Å². The van der Waals surface area contributed by atoms with Gasteiger partial charge in [-0.3, -0.25) is 9.80 Å². The average Bonchev–Trinajstić information content (AvgIpc) is 0.959. The van der Waals surface area contributed by atoms with E-state index in [-0.39, 0.29) is 0 Å². The van der Waals surface area contributed by atoms with Gasteiger partial charge >= 0.3 is 0 Å². The first-order chi connectivity index (χ1) is 52.2. The molecule has 105 heavy (non-hydrogen) atoms. The van der Waals surface area contributed by atoms with Crippen LogP contribution in [0.15, 0.2) is 122 Å². The molecule has 610 valence electrons. The molecule has 1 fully saturated rings. The monoisotopic (exact) mass is 1460 g/mol. The molecule has 0 amide bonds. The van der Waals surface area contributed by atoms with Crippen molar-refractivity contribution in [1.29, 1.82) is 0 Å². The minimum Gasteiger partial charge on any atom is -0.302 e. The van der Waals surface area contributed by atoms with Gasteiger partial charge in [0.25, 0.3) is 0 Å². The molecule has 1 rings (SSSR count). The van der Waals surface area contributed by atoms with E-state index in [2.05, 4.69) is 181 Å². The number of unbranched alkanes of at least 4 members (excludes halogenated alkanes) is 45. The van der Waals surface area contributed by atoms with E-state index < -0.39 is 0 Å². The summed E-state index contributed by atoms with van der Waals surface area (Å²) in [6.45, 7) is 30.3. The molecule has 0 aromatic carbocycles. The third-order valence-corrected chi connectivity index (χ3v) is 22.0. The number of allylic oxidation sites excluding steroid dienone is 20. The molecule has 0 bridgehead atoms. The van der Waals surface area contributed by atoms with Crippen LogP contribution in [0.5, 0.6) is 0 Å². The van der Waals surface area contributed by atoms with Gasteiger partial charge in [-0.25, -0.2) is 0 Å². The third-order valence-electron chi connectivity index (χ3n) is 22.0. The van der Waals surface area contributed by atoms with Gasteiger partial charge in [-0.1, -0.05) is 349 Å². The van der Waals surface area contributed by atoms with Gasteiger partial charge in [-0.05, 0) is 225 Å². The Morgan fingerprint density at radius 3 is 0.505 bits per heavy atom. The van der Waals surface area contributed by atoms with Crippen molar-refractivity contribution in [3.63, 3.8) is 0 Å². The van der Waals surface area contributed by atoms with E-state index in [9.17, 15) is 0 Å². The lowest BCUT2D eigenvalue weighted by atomic mass is 10.1. The van der Waals surface area contributed by atoms with Gasteiger partial charge < -0.3 is 14.7 Å². The molecule has 1 aliphatic heterocycles. The van der Waals surface area contributed by atoms with Crippen LogP contribution in [0.1, 0.15) is 420 Å². The van der Waals surface area contributed by atoms with Gasteiger partial charge in [0, 0.05) is 65.4 Å². The van der Waals surface area contributed by atoms with Gasteiger partial charge in [0.15, 0.2) is 0 Å². The molecule has 0 aromatic rings. The Balaban J connectivity index is 2.91. The van der Waals surface area contributed by atoms with Crippen LogP contribution < -0.4 is 0 Å². The Hall–Kier alpha value is -2.80. The van der Waals surface area contributed by atoms with Crippen LogP contribution in [0.25, 0.3) is 0 Å². The molecule has 5 nitrogen and oxygen atoms in total. The van der Waals surface area contributed by atoms with Crippen LogP contribution >= 0.6 is 0 Å². The highest BCUT2D eigenvalue weighted by molar-refractivity contribution is 4.96. The molecule has 0 N–H and O–H groups in total. The standard InChI is InChI=1S/C100H185N5/c1-6-11-16-21-26-31-36-41-46-51-56-61-66-71-76-81-86-101(87-82-77-72-67-62-57-52-47-42-37-32-27-22-17-12-7-2)91-93-103(90-85-80-75-70-65-60-55-50-45-40-35-30-25-20-15-10-5)94-96-105-99-97-104(98-100-105)95-92-102(88-83-78-73-68-63-58-53-48-43-38-33-28-23-18-13-8-3)89-84-79-74-69-64-59-54-49-44-39-34-29-24-19-14-9-4/h26-35,41-50H,6-25,36-40,51-100H2,1-5H3. The van der Waals surface area contributed by atoms with Crippen molar-refractivity contribution in [3.05, 3.63) is 122 Å². The van der Waals surface area contributed by atoms with Crippen molar-refractivity contribution >= 4 is 0 Å². The summed E-state index contributed by atoms with van der Waals surface area (Å²) in [5.74, 6) is 0. The molecule has 5 heteroatoms. The number of nitrogens with zero attached hydrogens (tertiary/aromatic N) is 5. The maximum atomic E-state index is 2.93. The molecule has 1 saturated heterocycles. The largest absolute Gasteiger partial charge is 0.302 e. The normalized spacial score (nSPS) is 14.0. The van der Waals surface area contributed by atoms with Crippen molar-refractivity contribution in [2.24, 2.45) is 0 Å². The number of piperazine rings is 1. The Morgan fingerprint density at radius 1 is 0.162 bits per heavy atom. The maximum absolute atomic E-state index is 2.93. The summed E-state index contributed by atoms with van der Waals surface area (Å²) in [7, 11) is 0. The fourth-order valence-electron chi connectivity index (χ4n) is 14.7. The average molecular weight is 1460 g/mol. The zero-order chi connectivity index (χ0) is 75.1. The highest BCUT2D eigenvalue weighted by Crippen LogP contribution is 2.17. The second kappa shape index (κ2) is 88.4. The fraction of sp³-hybridized carbons (Fsp3) is 0.800. The first-order valence-electron chi connectivity index (χ1n) is 47.3. The molecule has 0 spiro atoms. The Labute approximate surface area is 660 Å². The zero-order valence-electron chi connectivity index (χ0n) is 71.8. The summed E-state index contributed by atoms with van der Waals surface area (Å²) in [5.41, 5.74) is 0. The summed E-state index contributed by atoms with van der Waals surface area (Å²) in [6, 6.07) is 0. The first-order valence-corrected chi connectivity index (χ1v) is 47.3. The van der Waals surface area contributed by atoms with Crippen LogP contribution in [0.4, 0.5) is 0 Å². The van der Waals surface area contributed by atoms with Crippen molar-refractivity contribution in [1.82, 2.24) is 24.5 Å². The topological polar surface area (TPSA) is 16.2 Å². The Morgan fingerprint density at radius 2 is 0.314 bits per heavy atom. The van der Waals surface area contributed by atoms with E-state index in [1.807, 2.05) is 0 Å². The van der Waals surface area contributed by atoms with Crippen LogP contribution in [-0.2, 0) is 0 Å². The lowest BCUT2D eigenvalue weighted by molar-refractivity contribution is 0.104. The minimum absolute atomic E-state index is 1.11. The molecular formula is C100H185N5. The van der Waals surface area contributed by atoms with Crippen LogP contribution in [0.3, 0.4) is 0 Å². The van der Waals surface area contributed by atoms with Crippen molar-refractivity contribution in [2.45, 2.75) is 420 Å². The second-order valence-corrected chi connectivity index (χ2v) is 32.1. The van der Waals surface area contributed by atoms with Gasteiger partial charge in [-0.2, -0.15) is 0 Å². The molecule has 0 aliphatic carbocycles. The molecule has 0 aromatic heterocycles. The van der Waals surface area contributed by atoms with Crippen molar-refractivity contribution < 1.29 is 0 Å². The third kappa shape index (κ3) is 79.1. The van der Waals surface area contributed by atoms with E-state index in [1.54, 1.807) is 0 Å². The van der Waals surface area contributed by atoms with E-state index >= 15 is 0 Å². The van der Waals surface area contributed by atoms with Crippen molar-refractivity contribution in [2.75, 3.05) is 98.2 Å². The molecule has 0 radical (unpaired) electrons. The SMILES string of the molecule is CCCCCC=CCC=CCCCCCCCCN(CCCCCCCCC=CCC=CCCCCC)CCN(CCCCCCCCC=CCC=CCCCCC)CCN1CCN(CCN(CCCCCCCCC=CCC=CCCCCC)CCCCCCCCC=CCC=CCCCCC)CC1. The predicted molar refractivity (Wildman–Crippen MR) is 479 cm³/mol. The van der Waals surface area contributed by atoms with E-state index in [4.69, 9.17) is 0 Å². The second-order valence-electron chi connectivity index (χ2n) is 32.1. The van der Waals surface area contributed by atoms with E-state index in [0.717, 1.165) is 32.1 Å². The quantitative estimate of drug-likeness (QED) is 0.0444. The number of hydrogen-bond donors (Lipinski definition) is 0. The Bertz CT molecular complexity index is 1880. The number of hydrogen-bond acceptors (Lipinski definition) is 5. The van der Waals surface area contributed by atoms with Gasteiger partial charge in [0.1, 0.15) is 0 Å². The Kier molecular flexibility index (Phi) is 84.4. The van der Waals surface area contributed by atoms with Gasteiger partial charge in [0.05, 0.1) is 0 Å². The smallest absolute Gasteiger partial charge is 0.0110 e. The first kappa shape index (κ1) is 100. The van der Waals surface area contributed by atoms with Crippen LogP contribution in [0, 0.1) is 0 Å². The summed E-state index contributed by atoms with van der Waals surface area (Å²) in [5, 5.41) is 0. The molecule has 0 atom stereocenters. The zero-order valence-corrected chi connectivity index (χ0v) is 71.8. The van der Waals surface area contributed by atoms with Crippen LogP contribution in [-0.4, -0.2) is 123 Å². The lowest BCUT2D eigenvalue weighted by Gasteiger charge is -2.37. The summed E-state index contributed by atoms with van der Waals surface area (Å²) in [6.07, 6.45) is 128. The predicted octanol–water partition coefficient (Wildman–Crippen LogP) is 30.6. The molecule has 0 unspecified atom stereocenters. The molecule has 0 saturated carbocycles. The summed E-state index contributed by atoms with van der Waals surface area (Å²) < 4.78 is 0. The van der Waals surface area contributed by atoms with Gasteiger partial charge in [-0.15, -0.1) is 0 Å². The summed E-state index contributed by atoms with van der Waals surface area (Å²) >= 11 is 0. The molecular weight excluding hydrogens is 1270 g/mol. The highest BCUT2D eigenvalue weighted by atomic mass is 15.3. The van der Waals surface area contributed by atoms with Gasteiger partial charge in [0.2, 0.25) is 0 Å². The summed E-state index contributed by atoms with van der Waals surface area (Å²) in [4.78, 5) is 14.4. The van der Waals surface area contributed by atoms with Crippen molar-refractivity contribution in [3.8, 4) is 0 Å². The fourth-order valence-corrected chi connectivity index (χ4v) is 14.7. The minimum atomic E-state index is 1.11. The highest BCUT2D eigenvalue weighted by Gasteiger charge is 2.19. The molecule has 1 aliphatic rings. The number of rotatable bonds is 84. The van der Waals surface area contributed by atoms with Crippen LogP contribution in [0.2, 0.25) is 0 Å². The lowest BCUT2D eigenvalue weighted by Crippen LogP contribution is -2.50. The van der Waals surface area contributed by atoms with E-state index in [1.165, 1.54) is 451 Å². The maximum Gasteiger partial charge on any atom is 0.0110 e. The molecule has 1 heterocycles.